The van der Waals surface area contributed by atoms with Crippen LogP contribution in [0, 0.1) is 0 Å². The second-order valence-electron chi connectivity index (χ2n) is 5.97. The number of nitrogens with one attached hydrogen (secondary N) is 1. The van der Waals surface area contributed by atoms with Crippen LogP contribution in [0.4, 0.5) is 5.69 Å². The van der Waals surface area contributed by atoms with Crippen LogP contribution in [0.3, 0.4) is 0 Å². The van der Waals surface area contributed by atoms with Gasteiger partial charge in [0.15, 0.2) is 0 Å². The van der Waals surface area contributed by atoms with E-state index in [-0.39, 0.29) is 12.1 Å². The molecule has 0 aliphatic carbocycles. The van der Waals surface area contributed by atoms with Gasteiger partial charge in [-0.2, -0.15) is 0 Å². The Labute approximate surface area is 148 Å². The number of nitrogens with zero attached hydrogens (tertiary/aromatic N) is 1. The van der Waals surface area contributed by atoms with E-state index in [4.69, 9.17) is 9.47 Å². The van der Waals surface area contributed by atoms with E-state index in [1.165, 1.54) is 0 Å². The summed E-state index contributed by atoms with van der Waals surface area (Å²) in [7, 11) is 1.64. The molecular formula is C20H24N2O3. The van der Waals surface area contributed by atoms with E-state index in [1.807, 2.05) is 48.5 Å². The van der Waals surface area contributed by atoms with Crippen molar-refractivity contribution in [3.63, 3.8) is 0 Å². The smallest absolute Gasteiger partial charge is 0.257 e. The van der Waals surface area contributed by atoms with E-state index in [0.717, 1.165) is 23.4 Å². The van der Waals surface area contributed by atoms with Crippen LogP contribution in [-0.4, -0.2) is 37.7 Å². The number of amides is 1. The van der Waals surface area contributed by atoms with E-state index in [0.29, 0.717) is 25.3 Å². The van der Waals surface area contributed by atoms with Crippen molar-refractivity contribution in [2.75, 3.05) is 32.2 Å². The highest BCUT2D eigenvalue weighted by Crippen LogP contribution is 2.36. The third kappa shape index (κ3) is 3.61. The van der Waals surface area contributed by atoms with Crippen molar-refractivity contribution >= 4 is 11.6 Å². The standard InChI is InChI=1S/C20H24N2O3/c1-3-13-25-18-11-7-5-9-16(18)19-21-17-10-6-4-8-15(17)20(23)22(19)12-14-24-2/h4-11,19,21H,3,12-14H2,1-2H3. The maximum absolute atomic E-state index is 13.0. The van der Waals surface area contributed by atoms with E-state index in [2.05, 4.69) is 12.2 Å². The molecule has 1 aliphatic rings. The summed E-state index contributed by atoms with van der Waals surface area (Å²) in [6, 6.07) is 15.5. The van der Waals surface area contributed by atoms with Gasteiger partial charge in [-0.1, -0.05) is 37.3 Å². The molecule has 1 amide bonds. The predicted molar refractivity (Wildman–Crippen MR) is 97.9 cm³/mol. The number of fused-ring (bicyclic) bond motifs is 1. The lowest BCUT2D eigenvalue weighted by Gasteiger charge is -2.38. The van der Waals surface area contributed by atoms with Gasteiger partial charge in [0.2, 0.25) is 0 Å². The Hall–Kier alpha value is -2.53. The molecule has 5 heteroatoms. The monoisotopic (exact) mass is 340 g/mol. The van der Waals surface area contributed by atoms with Crippen LogP contribution in [0.25, 0.3) is 0 Å². The van der Waals surface area contributed by atoms with E-state index in [1.54, 1.807) is 12.0 Å². The van der Waals surface area contributed by atoms with E-state index >= 15 is 0 Å². The topological polar surface area (TPSA) is 50.8 Å². The molecule has 0 saturated carbocycles. The number of benzene rings is 2. The average Bonchev–Trinajstić information content (AvgIpc) is 2.66. The van der Waals surface area contributed by atoms with E-state index < -0.39 is 0 Å². The number of hydrogen-bond acceptors (Lipinski definition) is 4. The summed E-state index contributed by atoms with van der Waals surface area (Å²) >= 11 is 0. The molecule has 0 saturated heterocycles. The highest BCUT2D eigenvalue weighted by molar-refractivity contribution is 6.01. The zero-order valence-corrected chi connectivity index (χ0v) is 14.7. The normalized spacial score (nSPS) is 16.3. The van der Waals surface area contributed by atoms with Crippen molar-refractivity contribution in [3.05, 3.63) is 59.7 Å². The lowest BCUT2D eigenvalue weighted by atomic mass is 10.0. The number of rotatable bonds is 7. The van der Waals surface area contributed by atoms with Gasteiger partial charge in [0.1, 0.15) is 11.9 Å². The van der Waals surface area contributed by atoms with Gasteiger partial charge in [0, 0.05) is 24.9 Å². The summed E-state index contributed by atoms with van der Waals surface area (Å²) in [5, 5.41) is 3.49. The number of para-hydroxylation sites is 2. The molecule has 0 radical (unpaired) electrons. The third-order valence-corrected chi connectivity index (χ3v) is 4.23. The first kappa shape index (κ1) is 17.3. The van der Waals surface area contributed by atoms with Crippen molar-refractivity contribution in [1.29, 1.82) is 0 Å². The van der Waals surface area contributed by atoms with Gasteiger partial charge in [0.25, 0.3) is 5.91 Å². The SMILES string of the molecule is CCCOc1ccccc1C1Nc2ccccc2C(=O)N1CCOC. The maximum atomic E-state index is 13.0. The largest absolute Gasteiger partial charge is 0.493 e. The van der Waals surface area contributed by atoms with Crippen molar-refractivity contribution in [1.82, 2.24) is 4.90 Å². The Morgan fingerprint density at radius 1 is 1.08 bits per heavy atom. The summed E-state index contributed by atoms with van der Waals surface area (Å²) in [6.07, 6.45) is 0.646. The van der Waals surface area contributed by atoms with Gasteiger partial charge in [-0.25, -0.2) is 0 Å². The minimum Gasteiger partial charge on any atom is -0.493 e. The Balaban J connectivity index is 1.99. The van der Waals surface area contributed by atoms with E-state index in [9.17, 15) is 4.79 Å². The third-order valence-electron chi connectivity index (χ3n) is 4.23. The fraction of sp³-hybridized carbons (Fsp3) is 0.350. The molecule has 1 unspecified atom stereocenters. The first-order chi connectivity index (χ1) is 12.3. The van der Waals surface area contributed by atoms with Crippen LogP contribution >= 0.6 is 0 Å². The Morgan fingerprint density at radius 2 is 1.84 bits per heavy atom. The van der Waals surface area contributed by atoms with Crippen molar-refractivity contribution in [3.8, 4) is 5.75 Å². The quantitative estimate of drug-likeness (QED) is 0.835. The average molecular weight is 340 g/mol. The molecule has 25 heavy (non-hydrogen) atoms. The molecule has 1 aliphatic heterocycles. The molecule has 5 nitrogen and oxygen atoms in total. The minimum absolute atomic E-state index is 0.00157. The zero-order valence-electron chi connectivity index (χ0n) is 14.7. The van der Waals surface area contributed by atoms with Crippen LogP contribution in [0.15, 0.2) is 48.5 Å². The van der Waals surface area contributed by atoms with Crippen molar-refractivity contribution < 1.29 is 14.3 Å². The maximum Gasteiger partial charge on any atom is 0.257 e. The molecular weight excluding hydrogens is 316 g/mol. The van der Waals surface area contributed by atoms with Gasteiger partial charge in [-0.15, -0.1) is 0 Å². The number of carbonyl (C=O) groups excluding carboxylic acids is 1. The second-order valence-corrected chi connectivity index (χ2v) is 5.97. The zero-order chi connectivity index (χ0) is 17.6. The summed E-state index contributed by atoms with van der Waals surface area (Å²) in [4.78, 5) is 14.8. The fourth-order valence-electron chi connectivity index (χ4n) is 3.01. The number of methoxy groups -OCH3 is 1. The summed E-state index contributed by atoms with van der Waals surface area (Å²) < 4.78 is 11.1. The van der Waals surface area contributed by atoms with Crippen LogP contribution in [-0.2, 0) is 4.74 Å². The second kappa shape index (κ2) is 8.03. The van der Waals surface area contributed by atoms with Crippen LogP contribution < -0.4 is 10.1 Å². The Morgan fingerprint density at radius 3 is 2.64 bits per heavy atom. The molecule has 0 spiro atoms. The molecule has 1 heterocycles. The molecule has 0 bridgehead atoms. The van der Waals surface area contributed by atoms with Gasteiger partial charge in [0.05, 0.1) is 18.8 Å². The molecule has 0 aromatic heterocycles. The highest BCUT2D eigenvalue weighted by Gasteiger charge is 2.33. The highest BCUT2D eigenvalue weighted by atomic mass is 16.5. The molecule has 1 N–H and O–H groups in total. The molecule has 132 valence electrons. The molecule has 2 aromatic carbocycles. The van der Waals surface area contributed by atoms with Gasteiger partial charge in [-0.3, -0.25) is 4.79 Å². The van der Waals surface area contributed by atoms with Crippen molar-refractivity contribution in [2.24, 2.45) is 0 Å². The fourth-order valence-corrected chi connectivity index (χ4v) is 3.01. The molecule has 3 rings (SSSR count). The molecule has 2 aromatic rings. The summed E-state index contributed by atoms with van der Waals surface area (Å²) in [5.41, 5.74) is 2.48. The van der Waals surface area contributed by atoms with Gasteiger partial charge >= 0.3 is 0 Å². The Bertz CT molecular complexity index is 732. The lowest BCUT2D eigenvalue weighted by Crippen LogP contribution is -2.44. The van der Waals surface area contributed by atoms with Crippen LogP contribution in [0.5, 0.6) is 5.75 Å². The minimum atomic E-state index is -0.286. The number of hydrogen-bond donors (Lipinski definition) is 1. The number of anilines is 1. The number of carbonyl (C=O) groups is 1. The molecule has 1 atom stereocenters. The summed E-state index contributed by atoms with van der Waals surface area (Å²) in [6.45, 7) is 3.70. The molecule has 0 fully saturated rings. The lowest BCUT2D eigenvalue weighted by molar-refractivity contribution is 0.0606. The first-order valence-corrected chi connectivity index (χ1v) is 8.63. The number of ether oxygens (including phenoxy) is 2. The van der Waals surface area contributed by atoms with Gasteiger partial charge < -0.3 is 19.7 Å². The van der Waals surface area contributed by atoms with Crippen LogP contribution in [0.1, 0.15) is 35.4 Å². The Kier molecular flexibility index (Phi) is 5.56. The van der Waals surface area contributed by atoms with Gasteiger partial charge in [-0.05, 0) is 24.6 Å². The predicted octanol–water partition coefficient (Wildman–Crippen LogP) is 3.69. The van der Waals surface area contributed by atoms with Crippen molar-refractivity contribution in [2.45, 2.75) is 19.5 Å². The van der Waals surface area contributed by atoms with Crippen LogP contribution in [0.2, 0.25) is 0 Å². The summed E-state index contributed by atoms with van der Waals surface area (Å²) in [5.74, 6) is 0.804. The first-order valence-electron chi connectivity index (χ1n) is 8.63.